The molecule has 1 amide bonds. The number of carbonyl (C=O) groups is 2. The van der Waals surface area contributed by atoms with E-state index in [2.05, 4.69) is 10.6 Å². The van der Waals surface area contributed by atoms with E-state index in [4.69, 9.17) is 10.4 Å². The van der Waals surface area contributed by atoms with Crippen molar-refractivity contribution in [3.63, 3.8) is 0 Å². The molecule has 1 aliphatic heterocycles. The molecule has 0 bridgehead atoms. The Bertz CT molecular complexity index is 709. The summed E-state index contributed by atoms with van der Waals surface area (Å²) in [5.74, 6) is -1.29. The minimum absolute atomic E-state index is 0.0151. The van der Waals surface area contributed by atoms with Crippen LogP contribution < -0.4 is 21.0 Å². The van der Waals surface area contributed by atoms with Crippen LogP contribution in [0, 0.1) is 5.92 Å². The van der Waals surface area contributed by atoms with Gasteiger partial charge >= 0.3 is 13.1 Å². The lowest BCUT2D eigenvalue weighted by molar-refractivity contribution is -0.122. The van der Waals surface area contributed by atoms with Crippen LogP contribution in [-0.2, 0) is 11.2 Å². The maximum absolute atomic E-state index is 12.5. The van der Waals surface area contributed by atoms with Gasteiger partial charge in [-0.05, 0) is 49.7 Å². The highest BCUT2D eigenvalue weighted by atomic mass is 16.5. The minimum atomic E-state index is -1.27. The lowest BCUT2D eigenvalue weighted by Crippen LogP contribution is -2.53. The maximum Gasteiger partial charge on any atom is 0.547 e. The first-order valence-electron chi connectivity index (χ1n) is 9.90. The molecule has 28 heavy (non-hydrogen) atoms. The zero-order valence-electron chi connectivity index (χ0n) is 15.9. The van der Waals surface area contributed by atoms with Crippen LogP contribution in [0.1, 0.15) is 48.0 Å². The van der Waals surface area contributed by atoms with E-state index in [1.54, 1.807) is 12.1 Å². The fourth-order valence-electron chi connectivity index (χ4n) is 4.10. The molecule has 1 heterocycles. The van der Waals surface area contributed by atoms with Crippen molar-refractivity contribution in [1.82, 2.24) is 10.6 Å². The minimum Gasteiger partial charge on any atom is -0.534 e. The molecule has 0 aromatic heterocycles. The van der Waals surface area contributed by atoms with Crippen molar-refractivity contribution in [3.05, 3.63) is 29.3 Å². The second kappa shape index (κ2) is 9.40. The normalized spacial score (nSPS) is 24.2. The van der Waals surface area contributed by atoms with E-state index in [-0.39, 0.29) is 17.2 Å². The van der Waals surface area contributed by atoms with Gasteiger partial charge in [0, 0.05) is 25.6 Å². The monoisotopic (exact) mass is 389 g/mol. The van der Waals surface area contributed by atoms with Crippen molar-refractivity contribution in [2.75, 3.05) is 13.1 Å². The fraction of sp³-hybridized carbons (Fsp3) is 0.579. The van der Waals surface area contributed by atoms with Gasteiger partial charge < -0.3 is 31.2 Å². The number of benzene rings is 1. The molecule has 3 rings (SSSR count). The molecule has 6 N–H and O–H groups in total. The van der Waals surface area contributed by atoms with Crippen LogP contribution in [0.5, 0.6) is 5.75 Å². The molecule has 1 aliphatic carbocycles. The van der Waals surface area contributed by atoms with E-state index < -0.39 is 19.0 Å². The predicted octanol–water partition coefficient (Wildman–Crippen LogP) is 0.321. The van der Waals surface area contributed by atoms with Gasteiger partial charge in [-0.15, -0.1) is 0 Å². The van der Waals surface area contributed by atoms with Crippen LogP contribution in [0.25, 0.3) is 0 Å². The highest BCUT2D eigenvalue weighted by Gasteiger charge is 2.38. The summed E-state index contributed by atoms with van der Waals surface area (Å²) in [6.45, 7) is 1.45. The van der Waals surface area contributed by atoms with Gasteiger partial charge in [0.15, 0.2) is 0 Å². The zero-order valence-corrected chi connectivity index (χ0v) is 15.9. The number of carbonyl (C=O) groups excluding carboxylic acids is 1. The van der Waals surface area contributed by atoms with Gasteiger partial charge in [-0.2, -0.15) is 0 Å². The van der Waals surface area contributed by atoms with Crippen molar-refractivity contribution >= 4 is 19.0 Å². The Morgan fingerprint density at radius 2 is 2.00 bits per heavy atom. The standard InChI is InChI=1S/C19H28BN3O5/c21-8-9-22-14-6-4-12(5-7-14)10-17(24)23-16-11-13-2-1-3-15(19(25)26)18(13)28-20(16)27/h1-3,12,14,16,22,27H,4-11,21H2,(H,23,24)(H,25,26)/t12-,14+,16-/m0/s1. The molecule has 1 fully saturated rings. The summed E-state index contributed by atoms with van der Waals surface area (Å²) in [5, 5.41) is 25.8. The summed E-state index contributed by atoms with van der Waals surface area (Å²) >= 11 is 0. The van der Waals surface area contributed by atoms with Crippen molar-refractivity contribution in [2.24, 2.45) is 11.7 Å². The molecule has 1 atom stereocenters. The summed E-state index contributed by atoms with van der Waals surface area (Å²) in [5.41, 5.74) is 6.20. The third kappa shape index (κ3) is 5.04. The number of carboxylic acid groups (broad SMARTS) is 1. The lowest BCUT2D eigenvalue weighted by atomic mass is 9.72. The molecule has 2 aliphatic rings. The summed E-state index contributed by atoms with van der Waals surface area (Å²) in [4.78, 5) is 23.8. The molecule has 1 saturated carbocycles. The molecule has 152 valence electrons. The topological polar surface area (TPSA) is 134 Å². The van der Waals surface area contributed by atoms with Crippen LogP contribution >= 0.6 is 0 Å². The average molecular weight is 389 g/mol. The Labute approximate surface area is 165 Å². The van der Waals surface area contributed by atoms with Gasteiger partial charge in [-0.25, -0.2) is 4.79 Å². The summed E-state index contributed by atoms with van der Waals surface area (Å²) in [7, 11) is -1.27. The van der Waals surface area contributed by atoms with Gasteiger partial charge in [0.2, 0.25) is 5.91 Å². The molecule has 8 nitrogen and oxygen atoms in total. The quantitative estimate of drug-likeness (QED) is 0.424. The Balaban J connectivity index is 1.51. The van der Waals surface area contributed by atoms with Gasteiger partial charge in [-0.3, -0.25) is 4.79 Å². The van der Waals surface area contributed by atoms with Crippen LogP contribution in [0.4, 0.5) is 0 Å². The lowest BCUT2D eigenvalue weighted by Gasteiger charge is -2.31. The molecule has 9 heteroatoms. The number of aromatic carboxylic acids is 1. The first-order chi connectivity index (χ1) is 13.5. The average Bonchev–Trinajstić information content (AvgIpc) is 2.67. The Morgan fingerprint density at radius 3 is 2.68 bits per heavy atom. The van der Waals surface area contributed by atoms with Crippen LogP contribution in [0.3, 0.4) is 0 Å². The first kappa shape index (κ1) is 20.6. The fourth-order valence-corrected chi connectivity index (χ4v) is 4.10. The number of amides is 1. The molecule has 0 saturated heterocycles. The number of fused-ring (bicyclic) bond motifs is 1. The first-order valence-corrected chi connectivity index (χ1v) is 9.90. The third-order valence-electron chi connectivity index (χ3n) is 5.59. The number of carboxylic acids is 1. The number of para-hydroxylation sites is 1. The summed E-state index contributed by atoms with van der Waals surface area (Å²) in [6.07, 6.45) is 4.82. The van der Waals surface area contributed by atoms with Gasteiger partial charge in [0.25, 0.3) is 0 Å². The largest absolute Gasteiger partial charge is 0.547 e. The van der Waals surface area contributed by atoms with E-state index in [0.717, 1.165) is 32.2 Å². The second-order valence-corrected chi connectivity index (χ2v) is 7.65. The van der Waals surface area contributed by atoms with Crippen LogP contribution in [-0.4, -0.2) is 54.2 Å². The highest BCUT2D eigenvalue weighted by Crippen LogP contribution is 2.31. The number of nitrogens with two attached hydrogens (primary N) is 1. The SMILES string of the molecule is NCCN[C@H]1CC[C@@H](CC(=O)N[C@H]2Cc3cccc(C(=O)O)c3OB2O)CC1. The Morgan fingerprint density at radius 1 is 1.25 bits per heavy atom. The Kier molecular flexibility index (Phi) is 6.93. The molecule has 1 aromatic rings. The molecule has 0 spiro atoms. The van der Waals surface area contributed by atoms with E-state index in [9.17, 15) is 19.7 Å². The van der Waals surface area contributed by atoms with Gasteiger partial charge in [-0.1, -0.05) is 12.1 Å². The van der Waals surface area contributed by atoms with E-state index in [1.165, 1.54) is 6.07 Å². The number of hydrogen-bond acceptors (Lipinski definition) is 6. The molecule has 1 aromatic carbocycles. The van der Waals surface area contributed by atoms with E-state index in [1.807, 2.05) is 0 Å². The number of rotatable bonds is 7. The number of hydrogen-bond donors (Lipinski definition) is 5. The summed E-state index contributed by atoms with van der Waals surface area (Å²) in [6, 6.07) is 5.31. The zero-order chi connectivity index (χ0) is 20.1. The molecular weight excluding hydrogens is 361 g/mol. The summed E-state index contributed by atoms with van der Waals surface area (Å²) < 4.78 is 5.42. The van der Waals surface area contributed by atoms with E-state index >= 15 is 0 Å². The van der Waals surface area contributed by atoms with Crippen molar-refractivity contribution in [3.8, 4) is 5.75 Å². The van der Waals surface area contributed by atoms with Crippen molar-refractivity contribution in [2.45, 2.75) is 50.5 Å². The van der Waals surface area contributed by atoms with Crippen LogP contribution in [0.15, 0.2) is 18.2 Å². The van der Waals surface area contributed by atoms with Gasteiger partial charge in [0.1, 0.15) is 5.75 Å². The molecule has 0 unspecified atom stereocenters. The third-order valence-corrected chi connectivity index (χ3v) is 5.59. The van der Waals surface area contributed by atoms with Crippen molar-refractivity contribution in [1.29, 1.82) is 0 Å². The highest BCUT2D eigenvalue weighted by molar-refractivity contribution is 6.47. The van der Waals surface area contributed by atoms with Crippen LogP contribution in [0.2, 0.25) is 0 Å². The molecular formula is C19H28BN3O5. The van der Waals surface area contributed by atoms with Gasteiger partial charge in [0.05, 0.1) is 11.5 Å². The Hall–Kier alpha value is -2.10. The predicted molar refractivity (Wildman–Crippen MR) is 105 cm³/mol. The van der Waals surface area contributed by atoms with E-state index in [0.29, 0.717) is 36.9 Å². The van der Waals surface area contributed by atoms with Crippen molar-refractivity contribution < 1.29 is 24.4 Å². The number of nitrogens with one attached hydrogen (secondary N) is 2. The smallest absolute Gasteiger partial charge is 0.534 e. The maximum atomic E-state index is 12.5. The second-order valence-electron chi connectivity index (χ2n) is 7.65. The molecule has 0 radical (unpaired) electrons.